The number of hydrogen-bond donors (Lipinski definition) is 1. The van der Waals surface area contributed by atoms with Crippen LogP contribution in [0.2, 0.25) is 0 Å². The maximum Gasteiger partial charge on any atom is 0.194 e. The van der Waals surface area contributed by atoms with Gasteiger partial charge in [-0.05, 0) is 18.2 Å². The van der Waals surface area contributed by atoms with Crippen molar-refractivity contribution in [2.45, 2.75) is 0 Å². The van der Waals surface area contributed by atoms with Gasteiger partial charge in [0.2, 0.25) is 0 Å². The second-order valence-electron chi connectivity index (χ2n) is 4.68. The highest BCUT2D eigenvalue weighted by Gasteiger charge is 2.27. The average Bonchev–Trinajstić information content (AvgIpc) is 2.51. The molecule has 0 bridgehead atoms. The summed E-state index contributed by atoms with van der Waals surface area (Å²) in [7, 11) is 1.49. The molecular formula is C17H12O4. The van der Waals surface area contributed by atoms with Crippen LogP contribution in [0.5, 0.6) is 11.5 Å². The van der Waals surface area contributed by atoms with Crippen molar-refractivity contribution in [3.05, 3.63) is 65.2 Å². The van der Waals surface area contributed by atoms with Crippen LogP contribution in [-0.4, -0.2) is 23.8 Å². The van der Waals surface area contributed by atoms with E-state index in [1.807, 2.05) is 0 Å². The monoisotopic (exact) mass is 280 g/mol. The highest BCUT2D eigenvalue weighted by Crippen LogP contribution is 2.34. The first-order valence-electron chi connectivity index (χ1n) is 6.39. The Labute approximate surface area is 121 Å². The molecular weight excluding hydrogens is 268 g/mol. The minimum atomic E-state index is -0.273. The lowest BCUT2D eigenvalue weighted by Gasteiger charge is -2.16. The average molecular weight is 280 g/mol. The van der Waals surface area contributed by atoms with E-state index in [-0.39, 0.29) is 22.9 Å². The summed E-state index contributed by atoms with van der Waals surface area (Å²) in [6.07, 6.45) is 1.27. The molecule has 0 aromatic heterocycles. The summed E-state index contributed by atoms with van der Waals surface area (Å²) < 4.78 is 5.01. The van der Waals surface area contributed by atoms with Crippen molar-refractivity contribution in [2.75, 3.05) is 7.11 Å². The molecule has 1 N–H and O–H groups in total. The number of Topliss-reactive ketones (excluding diaryl/α,β-unsaturated/α-hetero) is 1. The molecule has 0 saturated heterocycles. The van der Waals surface area contributed by atoms with Gasteiger partial charge in [0, 0.05) is 28.3 Å². The number of carbonyl (C=O) groups is 2. The maximum atomic E-state index is 12.5. The number of carbonyl (C=O) groups excluding carboxylic acids is 2. The molecule has 2 aromatic rings. The lowest BCUT2D eigenvalue weighted by molar-refractivity contribution is 0.100. The highest BCUT2D eigenvalue weighted by atomic mass is 16.5. The molecule has 0 unspecified atom stereocenters. The summed E-state index contributed by atoms with van der Waals surface area (Å²) >= 11 is 0. The molecule has 0 heterocycles. The zero-order valence-corrected chi connectivity index (χ0v) is 11.3. The second kappa shape index (κ2) is 4.90. The number of hydrogen-bond acceptors (Lipinski definition) is 4. The molecule has 1 aliphatic rings. The molecule has 0 atom stereocenters. The number of methoxy groups -OCH3 is 1. The van der Waals surface area contributed by atoms with Gasteiger partial charge in [-0.1, -0.05) is 24.3 Å². The fraction of sp³-hybridized carbons (Fsp3) is 0.0588. The van der Waals surface area contributed by atoms with Gasteiger partial charge in [0.05, 0.1) is 7.11 Å². The van der Waals surface area contributed by atoms with Gasteiger partial charge in [-0.25, -0.2) is 0 Å². The molecule has 3 rings (SSSR count). The van der Waals surface area contributed by atoms with E-state index in [0.29, 0.717) is 22.4 Å². The lowest BCUT2D eigenvalue weighted by atomic mass is 9.86. The standard InChI is InChI=1S/C17H12O4/c1-21-10-6-7-12(15(18)8-10)14-9-16(19)11-4-2-3-5-13(11)17(14)20/h2-9,18H,1H3. The number of ketones is 2. The molecule has 4 heteroatoms. The third-order valence-electron chi connectivity index (χ3n) is 3.45. The van der Waals surface area contributed by atoms with Crippen LogP contribution in [-0.2, 0) is 0 Å². The number of benzene rings is 2. The van der Waals surface area contributed by atoms with Crippen molar-refractivity contribution >= 4 is 17.1 Å². The highest BCUT2D eigenvalue weighted by molar-refractivity contribution is 6.38. The summed E-state index contributed by atoms with van der Waals surface area (Å²) in [6.45, 7) is 0. The molecule has 0 spiro atoms. The number of aromatic hydroxyl groups is 1. The minimum Gasteiger partial charge on any atom is -0.507 e. The number of rotatable bonds is 2. The van der Waals surface area contributed by atoms with Crippen LogP contribution in [0.1, 0.15) is 26.3 Å². The Bertz CT molecular complexity index is 787. The maximum absolute atomic E-state index is 12.5. The van der Waals surface area contributed by atoms with Gasteiger partial charge in [-0.3, -0.25) is 9.59 Å². The van der Waals surface area contributed by atoms with Crippen LogP contribution in [0.25, 0.3) is 5.57 Å². The van der Waals surface area contributed by atoms with Gasteiger partial charge in [0.1, 0.15) is 11.5 Å². The topological polar surface area (TPSA) is 63.6 Å². The number of allylic oxidation sites excluding steroid dienone is 2. The Kier molecular flexibility index (Phi) is 3.06. The van der Waals surface area contributed by atoms with Gasteiger partial charge in [0.15, 0.2) is 11.6 Å². The number of phenols is 1. The van der Waals surface area contributed by atoms with Crippen LogP contribution in [0.4, 0.5) is 0 Å². The molecule has 0 saturated carbocycles. The third-order valence-corrected chi connectivity index (χ3v) is 3.45. The minimum absolute atomic E-state index is 0.0962. The Balaban J connectivity index is 2.13. The summed E-state index contributed by atoms with van der Waals surface area (Å²) in [6, 6.07) is 11.3. The molecule has 0 aliphatic heterocycles. The molecule has 4 nitrogen and oxygen atoms in total. The van der Waals surface area contributed by atoms with E-state index in [0.717, 1.165) is 0 Å². The Morgan fingerprint density at radius 1 is 0.952 bits per heavy atom. The zero-order valence-electron chi connectivity index (χ0n) is 11.3. The largest absolute Gasteiger partial charge is 0.507 e. The Morgan fingerprint density at radius 2 is 1.67 bits per heavy atom. The molecule has 0 fully saturated rings. The van der Waals surface area contributed by atoms with Gasteiger partial charge in [-0.15, -0.1) is 0 Å². The van der Waals surface area contributed by atoms with Crippen molar-refractivity contribution in [1.29, 1.82) is 0 Å². The predicted molar refractivity (Wildman–Crippen MR) is 77.7 cm³/mol. The quantitative estimate of drug-likeness (QED) is 0.918. The molecule has 104 valence electrons. The van der Waals surface area contributed by atoms with Crippen LogP contribution in [0, 0.1) is 0 Å². The van der Waals surface area contributed by atoms with E-state index in [2.05, 4.69) is 0 Å². The lowest BCUT2D eigenvalue weighted by Crippen LogP contribution is -2.16. The van der Waals surface area contributed by atoms with Crippen LogP contribution in [0.15, 0.2) is 48.5 Å². The number of phenolic OH excluding ortho intramolecular Hbond substituents is 1. The second-order valence-corrected chi connectivity index (χ2v) is 4.68. The van der Waals surface area contributed by atoms with Gasteiger partial charge in [0.25, 0.3) is 0 Å². The molecule has 21 heavy (non-hydrogen) atoms. The first-order valence-corrected chi connectivity index (χ1v) is 6.39. The van der Waals surface area contributed by atoms with Gasteiger partial charge < -0.3 is 9.84 Å². The summed E-state index contributed by atoms with van der Waals surface area (Å²) in [5, 5.41) is 10.0. The molecule has 0 radical (unpaired) electrons. The van der Waals surface area contributed by atoms with Crippen molar-refractivity contribution in [2.24, 2.45) is 0 Å². The van der Waals surface area contributed by atoms with Gasteiger partial charge >= 0.3 is 0 Å². The van der Waals surface area contributed by atoms with Crippen LogP contribution in [0.3, 0.4) is 0 Å². The number of fused-ring (bicyclic) bond motifs is 1. The van der Waals surface area contributed by atoms with E-state index < -0.39 is 0 Å². The van der Waals surface area contributed by atoms with Crippen LogP contribution >= 0.6 is 0 Å². The first kappa shape index (κ1) is 13.1. The first-order chi connectivity index (χ1) is 10.1. The summed E-state index contributed by atoms with van der Waals surface area (Å²) in [5.74, 6) is -0.131. The fourth-order valence-corrected chi connectivity index (χ4v) is 2.38. The van der Waals surface area contributed by atoms with E-state index >= 15 is 0 Å². The molecule has 1 aliphatic carbocycles. The van der Waals surface area contributed by atoms with E-state index in [9.17, 15) is 14.7 Å². The van der Waals surface area contributed by atoms with E-state index in [4.69, 9.17) is 4.74 Å². The molecule has 0 amide bonds. The zero-order chi connectivity index (χ0) is 15.0. The van der Waals surface area contributed by atoms with Crippen molar-refractivity contribution in [3.63, 3.8) is 0 Å². The number of ether oxygens (including phenoxy) is 1. The third kappa shape index (κ3) is 2.10. The normalized spacial score (nSPS) is 13.7. The van der Waals surface area contributed by atoms with Gasteiger partial charge in [-0.2, -0.15) is 0 Å². The van der Waals surface area contributed by atoms with Crippen molar-refractivity contribution in [3.8, 4) is 11.5 Å². The van der Waals surface area contributed by atoms with E-state index in [1.165, 1.54) is 19.3 Å². The summed E-state index contributed by atoms with van der Waals surface area (Å²) in [5.41, 5.74) is 1.26. The smallest absolute Gasteiger partial charge is 0.194 e. The summed E-state index contributed by atoms with van der Waals surface area (Å²) in [4.78, 5) is 24.6. The fourth-order valence-electron chi connectivity index (χ4n) is 2.38. The van der Waals surface area contributed by atoms with Crippen molar-refractivity contribution in [1.82, 2.24) is 0 Å². The van der Waals surface area contributed by atoms with Crippen LogP contribution < -0.4 is 4.74 Å². The Hall–Kier alpha value is -2.88. The van der Waals surface area contributed by atoms with Crippen molar-refractivity contribution < 1.29 is 19.4 Å². The van der Waals surface area contributed by atoms with E-state index in [1.54, 1.807) is 36.4 Å². The molecule has 2 aromatic carbocycles. The predicted octanol–water partition coefficient (Wildman–Crippen LogP) is 2.86. The Morgan fingerprint density at radius 3 is 2.33 bits per heavy atom. The SMILES string of the molecule is COc1ccc(C2=CC(=O)c3ccccc3C2=O)c(O)c1.